The summed E-state index contributed by atoms with van der Waals surface area (Å²) in [5.74, 6) is 1.14. The van der Waals surface area contributed by atoms with Crippen molar-refractivity contribution in [2.75, 3.05) is 19.6 Å². The molecule has 3 rings (SSSR count). The van der Waals surface area contributed by atoms with Crippen molar-refractivity contribution in [1.82, 2.24) is 10.2 Å². The molecule has 128 valence electrons. The quantitative estimate of drug-likeness (QED) is 0.870. The van der Waals surface area contributed by atoms with Gasteiger partial charge >= 0.3 is 0 Å². The molecular formula is C18H29N3OS. The van der Waals surface area contributed by atoms with Gasteiger partial charge in [0.15, 0.2) is 0 Å². The van der Waals surface area contributed by atoms with Gasteiger partial charge in [0.05, 0.1) is 6.04 Å². The number of rotatable bonds is 5. The van der Waals surface area contributed by atoms with Crippen LogP contribution in [0.3, 0.4) is 0 Å². The molecule has 2 aliphatic rings. The summed E-state index contributed by atoms with van der Waals surface area (Å²) in [5.41, 5.74) is 5.94. The maximum atomic E-state index is 12.4. The van der Waals surface area contributed by atoms with Crippen LogP contribution in [0.1, 0.15) is 49.9 Å². The third kappa shape index (κ3) is 4.34. The number of thiophene rings is 1. The van der Waals surface area contributed by atoms with E-state index in [1.54, 1.807) is 11.3 Å². The van der Waals surface area contributed by atoms with Crippen LogP contribution in [0.2, 0.25) is 0 Å². The number of likely N-dealkylation sites (tertiary alicyclic amines) is 1. The average molecular weight is 336 g/mol. The van der Waals surface area contributed by atoms with Gasteiger partial charge in [-0.25, -0.2) is 0 Å². The predicted octanol–water partition coefficient (Wildman–Crippen LogP) is 2.76. The van der Waals surface area contributed by atoms with Crippen LogP contribution >= 0.6 is 11.3 Å². The van der Waals surface area contributed by atoms with Gasteiger partial charge in [-0.1, -0.05) is 13.0 Å². The Hall–Kier alpha value is -0.910. The first-order chi connectivity index (χ1) is 11.1. The molecule has 1 saturated heterocycles. The van der Waals surface area contributed by atoms with Gasteiger partial charge in [-0.15, -0.1) is 11.3 Å². The first kappa shape index (κ1) is 16.9. The van der Waals surface area contributed by atoms with E-state index in [9.17, 15) is 4.79 Å². The van der Waals surface area contributed by atoms with Gasteiger partial charge in [-0.2, -0.15) is 0 Å². The number of hydrogen-bond donors (Lipinski definition) is 2. The number of nitrogens with two attached hydrogens (primary N) is 1. The fraction of sp³-hybridized carbons (Fsp3) is 0.722. The van der Waals surface area contributed by atoms with Crippen LogP contribution in [0, 0.1) is 11.8 Å². The molecule has 2 fully saturated rings. The second kappa shape index (κ2) is 7.77. The number of nitrogens with one attached hydrogen (secondary N) is 1. The molecule has 1 aliphatic heterocycles. The molecule has 2 heterocycles. The van der Waals surface area contributed by atoms with Gasteiger partial charge in [-0.05, 0) is 62.6 Å². The summed E-state index contributed by atoms with van der Waals surface area (Å²) in [4.78, 5) is 16.3. The van der Waals surface area contributed by atoms with Crippen molar-refractivity contribution in [3.8, 4) is 0 Å². The molecule has 3 atom stereocenters. The summed E-state index contributed by atoms with van der Waals surface area (Å²) >= 11 is 1.80. The lowest BCUT2D eigenvalue weighted by Gasteiger charge is -2.36. The van der Waals surface area contributed by atoms with E-state index in [-0.39, 0.29) is 17.9 Å². The highest BCUT2D eigenvalue weighted by molar-refractivity contribution is 7.10. The molecule has 3 unspecified atom stereocenters. The first-order valence-corrected chi connectivity index (χ1v) is 9.82. The first-order valence-electron chi connectivity index (χ1n) is 8.94. The lowest BCUT2D eigenvalue weighted by atomic mass is 9.97. The van der Waals surface area contributed by atoms with Crippen LogP contribution in [0.4, 0.5) is 0 Å². The molecule has 0 spiro atoms. The normalized spacial score (nSPS) is 27.9. The van der Waals surface area contributed by atoms with Crippen LogP contribution in [-0.4, -0.2) is 36.5 Å². The van der Waals surface area contributed by atoms with Gasteiger partial charge < -0.3 is 11.1 Å². The molecule has 23 heavy (non-hydrogen) atoms. The van der Waals surface area contributed by atoms with Gasteiger partial charge in [0.1, 0.15) is 0 Å². The molecule has 4 nitrogen and oxygen atoms in total. The highest BCUT2D eigenvalue weighted by atomic mass is 32.1. The third-order valence-electron chi connectivity index (χ3n) is 5.44. The van der Waals surface area contributed by atoms with Gasteiger partial charge in [0.25, 0.3) is 0 Å². The maximum Gasteiger partial charge on any atom is 0.223 e. The van der Waals surface area contributed by atoms with Crippen LogP contribution < -0.4 is 11.1 Å². The Morgan fingerprint density at radius 2 is 2.17 bits per heavy atom. The van der Waals surface area contributed by atoms with Crippen LogP contribution in [0.5, 0.6) is 0 Å². The van der Waals surface area contributed by atoms with E-state index in [1.807, 2.05) is 0 Å². The zero-order chi connectivity index (χ0) is 16.2. The Kier molecular flexibility index (Phi) is 5.72. The van der Waals surface area contributed by atoms with Gasteiger partial charge in [0.2, 0.25) is 5.91 Å². The maximum absolute atomic E-state index is 12.4. The number of carbonyl (C=O) groups excluding carboxylic acids is 1. The summed E-state index contributed by atoms with van der Waals surface area (Å²) < 4.78 is 0. The van der Waals surface area contributed by atoms with Crippen molar-refractivity contribution in [1.29, 1.82) is 0 Å². The van der Waals surface area contributed by atoms with Crippen molar-refractivity contribution in [2.45, 2.75) is 51.1 Å². The summed E-state index contributed by atoms with van der Waals surface area (Å²) in [6.07, 6.45) is 5.28. The highest BCUT2D eigenvalue weighted by Crippen LogP contribution is 2.29. The Balaban J connectivity index is 1.59. The summed E-state index contributed by atoms with van der Waals surface area (Å²) in [7, 11) is 0. The Morgan fingerprint density at radius 3 is 2.78 bits per heavy atom. The monoisotopic (exact) mass is 335 g/mol. The summed E-state index contributed by atoms with van der Waals surface area (Å²) in [6.45, 7) is 5.32. The number of piperidine rings is 1. The van der Waals surface area contributed by atoms with Gasteiger partial charge in [-0.3, -0.25) is 9.69 Å². The van der Waals surface area contributed by atoms with Crippen molar-refractivity contribution >= 4 is 17.2 Å². The topological polar surface area (TPSA) is 58.4 Å². The lowest BCUT2D eigenvalue weighted by molar-refractivity contribution is -0.125. The van der Waals surface area contributed by atoms with E-state index >= 15 is 0 Å². The predicted molar refractivity (Wildman–Crippen MR) is 95.4 cm³/mol. The minimum absolute atomic E-state index is 0.121. The third-order valence-corrected chi connectivity index (χ3v) is 6.42. The van der Waals surface area contributed by atoms with E-state index in [0.717, 1.165) is 44.8 Å². The fourth-order valence-electron chi connectivity index (χ4n) is 3.83. The Morgan fingerprint density at radius 1 is 1.39 bits per heavy atom. The molecule has 5 heteroatoms. The SMILES string of the molecule is CC1CCN(C(CNC(=O)C2CCC(N)C2)c2cccs2)CC1. The number of carbonyl (C=O) groups is 1. The number of hydrogen-bond acceptors (Lipinski definition) is 4. The number of nitrogens with zero attached hydrogens (tertiary/aromatic N) is 1. The fourth-order valence-corrected chi connectivity index (χ4v) is 4.69. The lowest BCUT2D eigenvalue weighted by Crippen LogP contribution is -2.42. The molecule has 1 aliphatic carbocycles. The zero-order valence-corrected chi connectivity index (χ0v) is 14.9. The van der Waals surface area contributed by atoms with Crippen LogP contribution in [-0.2, 0) is 4.79 Å². The average Bonchev–Trinajstić information content (AvgIpc) is 3.21. The smallest absolute Gasteiger partial charge is 0.223 e. The van der Waals surface area contributed by atoms with Crippen molar-refractivity contribution in [3.63, 3.8) is 0 Å². The van der Waals surface area contributed by atoms with Crippen molar-refractivity contribution in [2.24, 2.45) is 17.6 Å². The Labute approximate surface area is 143 Å². The second-order valence-electron chi connectivity index (χ2n) is 7.26. The minimum atomic E-state index is 0.121. The minimum Gasteiger partial charge on any atom is -0.354 e. The summed E-state index contributed by atoms with van der Waals surface area (Å²) in [6, 6.07) is 4.84. The van der Waals surface area contributed by atoms with Crippen LogP contribution in [0.25, 0.3) is 0 Å². The van der Waals surface area contributed by atoms with Crippen molar-refractivity contribution < 1.29 is 4.79 Å². The van der Waals surface area contributed by atoms with E-state index in [4.69, 9.17) is 5.73 Å². The molecule has 0 aromatic carbocycles. The molecule has 1 aromatic heterocycles. The van der Waals surface area contributed by atoms with E-state index < -0.39 is 0 Å². The molecule has 1 aromatic rings. The molecule has 0 radical (unpaired) electrons. The molecular weight excluding hydrogens is 306 g/mol. The van der Waals surface area contributed by atoms with Crippen LogP contribution in [0.15, 0.2) is 17.5 Å². The van der Waals surface area contributed by atoms with E-state index in [1.165, 1.54) is 17.7 Å². The van der Waals surface area contributed by atoms with Gasteiger partial charge in [0, 0.05) is 23.4 Å². The summed E-state index contributed by atoms with van der Waals surface area (Å²) in [5, 5.41) is 5.34. The number of amides is 1. The van der Waals surface area contributed by atoms with E-state index in [2.05, 4.69) is 34.7 Å². The largest absolute Gasteiger partial charge is 0.354 e. The standard InChI is InChI=1S/C18H29N3OS/c1-13-6-8-21(9-7-13)16(17-3-2-10-23-17)12-20-18(22)14-4-5-15(19)11-14/h2-3,10,13-16H,4-9,11-12,19H2,1H3,(H,20,22). The second-order valence-corrected chi connectivity index (χ2v) is 8.24. The van der Waals surface area contributed by atoms with E-state index in [0.29, 0.717) is 6.04 Å². The Bertz CT molecular complexity index is 496. The molecule has 1 amide bonds. The molecule has 0 bridgehead atoms. The molecule has 1 saturated carbocycles. The van der Waals surface area contributed by atoms with Crippen molar-refractivity contribution in [3.05, 3.63) is 22.4 Å². The molecule has 3 N–H and O–H groups in total. The zero-order valence-electron chi connectivity index (χ0n) is 14.0. The highest BCUT2D eigenvalue weighted by Gasteiger charge is 2.30.